The van der Waals surface area contributed by atoms with Crippen LogP contribution in [-0.4, -0.2) is 67.8 Å². The lowest BCUT2D eigenvalue weighted by atomic mass is 10.2. The highest BCUT2D eigenvalue weighted by Crippen LogP contribution is 2.27. The van der Waals surface area contributed by atoms with Gasteiger partial charge in [0.25, 0.3) is 15.9 Å². The first-order valence-electron chi connectivity index (χ1n) is 9.25. The van der Waals surface area contributed by atoms with Crippen molar-refractivity contribution < 1.29 is 36.7 Å². The molecule has 1 heterocycles. The van der Waals surface area contributed by atoms with E-state index in [2.05, 4.69) is 0 Å². The van der Waals surface area contributed by atoms with E-state index in [-0.39, 0.29) is 18.0 Å². The minimum absolute atomic E-state index is 0.0214. The van der Waals surface area contributed by atoms with Crippen molar-refractivity contribution >= 4 is 15.9 Å². The molecular weight excluding hydrogens is 436 g/mol. The number of carbonyl (C=O) groups excluding carboxylic acids is 1. The van der Waals surface area contributed by atoms with Crippen molar-refractivity contribution in [2.24, 2.45) is 5.73 Å². The number of nitrogens with two attached hydrogens (primary N) is 1. The molecule has 31 heavy (non-hydrogen) atoms. The van der Waals surface area contributed by atoms with Crippen molar-refractivity contribution in [1.82, 2.24) is 9.37 Å². The fourth-order valence-electron chi connectivity index (χ4n) is 2.85. The monoisotopic (exact) mass is 457 g/mol. The zero-order chi connectivity index (χ0) is 22.6. The van der Waals surface area contributed by atoms with E-state index < -0.39 is 43.0 Å². The Labute approximate surface area is 177 Å². The summed E-state index contributed by atoms with van der Waals surface area (Å²) in [5, 5.41) is 10.0. The Hall–Kier alpha value is -2.64. The Morgan fingerprint density at radius 3 is 2.45 bits per heavy atom. The molecular formula is C19H21F2N3O6S. The van der Waals surface area contributed by atoms with Crippen LogP contribution in [0.15, 0.2) is 47.4 Å². The number of morpholine rings is 1. The standard InChI is InChI=1S/C19H21F2N3O6S/c20-13-1-3-14(4-2-13)30-18-6-5-15(11-16(18)21)31(27,28)24(26)19(25)17(22)12-23-7-9-29-10-8-23/h1-6,11,17,26H,7-10,12,22H2/t17-/m1/s1. The number of nitrogens with zero attached hydrogens (tertiary/aromatic N) is 2. The number of halogens is 2. The van der Waals surface area contributed by atoms with E-state index in [9.17, 15) is 27.2 Å². The lowest BCUT2D eigenvalue weighted by Gasteiger charge is -2.29. The summed E-state index contributed by atoms with van der Waals surface area (Å²) in [6.45, 7) is 1.95. The lowest BCUT2D eigenvalue weighted by molar-refractivity contribution is -0.148. The SMILES string of the molecule is N[C@H](CN1CCOCC1)C(=O)N(O)S(=O)(=O)c1ccc(Oc2ccc(F)cc2)c(F)c1. The van der Waals surface area contributed by atoms with Gasteiger partial charge in [0.15, 0.2) is 11.6 Å². The first kappa shape index (κ1) is 23.0. The van der Waals surface area contributed by atoms with Crippen molar-refractivity contribution in [2.75, 3.05) is 32.8 Å². The molecule has 1 atom stereocenters. The van der Waals surface area contributed by atoms with Gasteiger partial charge in [-0.1, -0.05) is 0 Å². The summed E-state index contributed by atoms with van der Waals surface area (Å²) >= 11 is 0. The number of hydrogen-bond donors (Lipinski definition) is 2. The summed E-state index contributed by atoms with van der Waals surface area (Å²) in [7, 11) is -4.77. The molecule has 1 amide bonds. The Balaban J connectivity index is 1.71. The maximum Gasteiger partial charge on any atom is 0.289 e. The number of hydrogen-bond acceptors (Lipinski definition) is 8. The van der Waals surface area contributed by atoms with Crippen molar-refractivity contribution in [1.29, 1.82) is 0 Å². The molecule has 0 saturated carbocycles. The molecule has 1 saturated heterocycles. The van der Waals surface area contributed by atoms with Gasteiger partial charge in [-0.25, -0.2) is 8.78 Å². The largest absolute Gasteiger partial charge is 0.454 e. The molecule has 0 aliphatic carbocycles. The second kappa shape index (κ2) is 9.66. The summed E-state index contributed by atoms with van der Waals surface area (Å²) in [5.74, 6) is -3.02. The summed E-state index contributed by atoms with van der Waals surface area (Å²) < 4.78 is 62.4. The maximum atomic E-state index is 14.4. The van der Waals surface area contributed by atoms with Gasteiger partial charge in [0.2, 0.25) is 0 Å². The van der Waals surface area contributed by atoms with Gasteiger partial charge < -0.3 is 15.2 Å². The van der Waals surface area contributed by atoms with E-state index in [0.29, 0.717) is 32.4 Å². The second-order valence-electron chi connectivity index (χ2n) is 6.75. The average molecular weight is 457 g/mol. The number of benzene rings is 2. The molecule has 9 nitrogen and oxygen atoms in total. The van der Waals surface area contributed by atoms with E-state index in [1.165, 1.54) is 12.1 Å². The second-order valence-corrected chi connectivity index (χ2v) is 8.52. The zero-order valence-corrected chi connectivity index (χ0v) is 17.1. The highest BCUT2D eigenvalue weighted by atomic mass is 32.2. The van der Waals surface area contributed by atoms with E-state index in [1.807, 2.05) is 0 Å². The van der Waals surface area contributed by atoms with Gasteiger partial charge in [0.1, 0.15) is 17.6 Å². The summed E-state index contributed by atoms with van der Waals surface area (Å²) in [4.78, 5) is 13.4. The van der Waals surface area contributed by atoms with Crippen LogP contribution in [0.1, 0.15) is 0 Å². The van der Waals surface area contributed by atoms with Crippen molar-refractivity contribution in [3.05, 3.63) is 54.1 Å². The quantitative estimate of drug-likeness (QED) is 0.472. The highest BCUT2D eigenvalue weighted by molar-refractivity contribution is 7.89. The van der Waals surface area contributed by atoms with E-state index in [0.717, 1.165) is 24.3 Å². The predicted octanol–water partition coefficient (Wildman–Crippen LogP) is 1.32. The van der Waals surface area contributed by atoms with Gasteiger partial charge in [-0.2, -0.15) is 8.42 Å². The Morgan fingerprint density at radius 2 is 1.84 bits per heavy atom. The first-order valence-corrected chi connectivity index (χ1v) is 10.7. The Morgan fingerprint density at radius 1 is 1.19 bits per heavy atom. The third-order valence-electron chi connectivity index (χ3n) is 4.53. The molecule has 0 radical (unpaired) electrons. The third kappa shape index (κ3) is 5.54. The average Bonchev–Trinajstić information content (AvgIpc) is 2.76. The number of amides is 1. The molecule has 2 aromatic rings. The lowest BCUT2D eigenvalue weighted by Crippen LogP contribution is -2.52. The Kier molecular flexibility index (Phi) is 7.18. The molecule has 0 aromatic heterocycles. The number of carbonyl (C=O) groups is 1. The van der Waals surface area contributed by atoms with E-state index in [4.69, 9.17) is 15.2 Å². The molecule has 12 heteroatoms. The molecule has 3 N–H and O–H groups in total. The number of rotatable bonds is 7. The maximum absolute atomic E-state index is 14.4. The molecule has 2 aromatic carbocycles. The van der Waals surface area contributed by atoms with Crippen LogP contribution in [-0.2, 0) is 19.6 Å². The van der Waals surface area contributed by atoms with Gasteiger partial charge >= 0.3 is 0 Å². The first-order chi connectivity index (χ1) is 14.7. The fourth-order valence-corrected chi connectivity index (χ4v) is 3.92. The molecule has 1 fully saturated rings. The number of hydroxylamine groups is 1. The zero-order valence-electron chi connectivity index (χ0n) is 16.3. The van der Waals surface area contributed by atoms with Gasteiger partial charge in [0, 0.05) is 19.6 Å². The summed E-state index contributed by atoms with van der Waals surface area (Å²) in [5.41, 5.74) is 5.76. The molecule has 0 spiro atoms. The van der Waals surface area contributed by atoms with Gasteiger partial charge in [-0.05, 0) is 42.5 Å². The smallest absolute Gasteiger partial charge is 0.289 e. The van der Waals surface area contributed by atoms with Crippen LogP contribution in [0.2, 0.25) is 0 Å². The van der Waals surface area contributed by atoms with Crippen LogP contribution < -0.4 is 10.5 Å². The molecule has 0 unspecified atom stereocenters. The van der Waals surface area contributed by atoms with Crippen LogP contribution in [0.5, 0.6) is 11.5 Å². The van der Waals surface area contributed by atoms with Crippen LogP contribution >= 0.6 is 0 Å². The predicted molar refractivity (Wildman–Crippen MR) is 104 cm³/mol. The third-order valence-corrected chi connectivity index (χ3v) is 6.02. The highest BCUT2D eigenvalue weighted by Gasteiger charge is 2.33. The van der Waals surface area contributed by atoms with Crippen molar-refractivity contribution in [2.45, 2.75) is 10.9 Å². The van der Waals surface area contributed by atoms with Crippen LogP contribution in [0.3, 0.4) is 0 Å². The van der Waals surface area contributed by atoms with Crippen molar-refractivity contribution in [3.63, 3.8) is 0 Å². The minimum Gasteiger partial charge on any atom is -0.454 e. The Bertz CT molecular complexity index is 1030. The number of sulfonamides is 1. The topological polar surface area (TPSA) is 122 Å². The number of ether oxygens (including phenoxy) is 2. The molecule has 3 rings (SSSR count). The minimum atomic E-state index is -4.77. The van der Waals surface area contributed by atoms with Gasteiger partial charge in [0.05, 0.1) is 18.1 Å². The molecule has 0 bridgehead atoms. The molecule has 1 aliphatic rings. The summed E-state index contributed by atoms with van der Waals surface area (Å²) in [6, 6.07) is 6.01. The van der Waals surface area contributed by atoms with E-state index in [1.54, 1.807) is 4.90 Å². The molecule has 168 valence electrons. The molecule has 1 aliphatic heterocycles. The summed E-state index contributed by atoms with van der Waals surface area (Å²) in [6.07, 6.45) is 0. The van der Waals surface area contributed by atoms with Crippen LogP contribution in [0.25, 0.3) is 0 Å². The van der Waals surface area contributed by atoms with Crippen LogP contribution in [0, 0.1) is 11.6 Å². The normalized spacial score (nSPS) is 16.0. The van der Waals surface area contributed by atoms with Crippen molar-refractivity contribution in [3.8, 4) is 11.5 Å². The van der Waals surface area contributed by atoms with E-state index >= 15 is 0 Å². The van der Waals surface area contributed by atoms with Gasteiger partial charge in [-0.15, -0.1) is 4.47 Å². The van der Waals surface area contributed by atoms with Gasteiger partial charge in [-0.3, -0.25) is 14.9 Å². The van der Waals surface area contributed by atoms with Crippen LogP contribution in [0.4, 0.5) is 8.78 Å². The fraction of sp³-hybridized carbons (Fsp3) is 0.316.